The number of benzene rings is 2. The Kier molecular flexibility index (Phi) is 5.43. The van der Waals surface area contributed by atoms with Crippen molar-refractivity contribution in [2.45, 2.75) is 24.8 Å². The normalized spacial score (nSPS) is 20.0. The number of rotatable bonds is 6. The van der Waals surface area contributed by atoms with Crippen molar-refractivity contribution < 1.29 is 14.6 Å². The second-order valence-electron chi connectivity index (χ2n) is 5.91. The number of thioether (sulfide) groups is 1. The number of hydrogen-bond acceptors (Lipinski definition) is 4. The van der Waals surface area contributed by atoms with Crippen LogP contribution in [0.4, 0.5) is 0 Å². The van der Waals surface area contributed by atoms with Gasteiger partial charge in [0.1, 0.15) is 11.8 Å². The van der Waals surface area contributed by atoms with E-state index in [1.54, 1.807) is 11.8 Å². The molecule has 2 aromatic carbocycles. The molecule has 0 aromatic heterocycles. The summed E-state index contributed by atoms with van der Waals surface area (Å²) < 4.78 is 5.77. The molecule has 5 heteroatoms. The van der Waals surface area contributed by atoms with E-state index in [0.717, 1.165) is 12.2 Å². The summed E-state index contributed by atoms with van der Waals surface area (Å²) in [6.07, 6.45) is 0.786. The van der Waals surface area contributed by atoms with Gasteiger partial charge in [-0.2, -0.15) is 0 Å². The highest BCUT2D eigenvalue weighted by atomic mass is 32.2. The highest BCUT2D eigenvalue weighted by Gasteiger charge is 2.28. The van der Waals surface area contributed by atoms with Crippen LogP contribution in [0.5, 0.6) is 5.75 Å². The Morgan fingerprint density at radius 2 is 1.79 bits per heavy atom. The van der Waals surface area contributed by atoms with Gasteiger partial charge in [-0.3, -0.25) is 10.1 Å². The van der Waals surface area contributed by atoms with Crippen molar-refractivity contribution in [1.29, 1.82) is 0 Å². The predicted molar refractivity (Wildman–Crippen MR) is 97.5 cm³/mol. The first-order valence-corrected chi connectivity index (χ1v) is 9.07. The van der Waals surface area contributed by atoms with Crippen LogP contribution in [0.15, 0.2) is 48.5 Å². The largest absolute Gasteiger partial charge is 0.494 e. The zero-order chi connectivity index (χ0) is 16.9. The minimum Gasteiger partial charge on any atom is -0.494 e. The fourth-order valence-corrected chi connectivity index (χ4v) is 3.80. The van der Waals surface area contributed by atoms with Gasteiger partial charge < -0.3 is 9.84 Å². The molecule has 1 aliphatic rings. The van der Waals surface area contributed by atoms with Crippen molar-refractivity contribution in [3.63, 3.8) is 0 Å². The Labute approximate surface area is 146 Å². The highest BCUT2D eigenvalue weighted by Crippen LogP contribution is 2.24. The maximum absolute atomic E-state index is 10.9. The molecule has 1 heterocycles. The standard InChI is InChI=1S/C19H21NO3S/c1-13-2-4-14(5-3-13)15-6-8-16(9-7-15)23-11-10-18-20-17(12-24-18)19(21)22/h2-9,17-18,20H,10-12H2,1H3,(H,21,22). The van der Waals surface area contributed by atoms with Gasteiger partial charge in [0.2, 0.25) is 0 Å². The Bertz CT molecular complexity index is 685. The third kappa shape index (κ3) is 4.30. The van der Waals surface area contributed by atoms with Crippen LogP contribution in [0.1, 0.15) is 12.0 Å². The van der Waals surface area contributed by atoms with E-state index in [4.69, 9.17) is 9.84 Å². The fourth-order valence-electron chi connectivity index (χ4n) is 2.62. The summed E-state index contributed by atoms with van der Waals surface area (Å²) in [7, 11) is 0. The first kappa shape index (κ1) is 16.9. The number of ether oxygens (including phenoxy) is 1. The SMILES string of the molecule is Cc1ccc(-c2ccc(OCCC3NC(C(=O)O)CS3)cc2)cc1. The molecule has 0 amide bonds. The molecule has 2 N–H and O–H groups in total. The van der Waals surface area contributed by atoms with E-state index in [1.165, 1.54) is 16.7 Å². The van der Waals surface area contributed by atoms with Crippen LogP contribution in [0.3, 0.4) is 0 Å². The summed E-state index contributed by atoms with van der Waals surface area (Å²) >= 11 is 1.64. The molecule has 0 radical (unpaired) electrons. The summed E-state index contributed by atoms with van der Waals surface area (Å²) in [6, 6.07) is 16.1. The van der Waals surface area contributed by atoms with Crippen LogP contribution >= 0.6 is 11.8 Å². The zero-order valence-corrected chi connectivity index (χ0v) is 14.4. The highest BCUT2D eigenvalue weighted by molar-refractivity contribution is 8.00. The van der Waals surface area contributed by atoms with Crippen molar-refractivity contribution in [1.82, 2.24) is 5.32 Å². The maximum atomic E-state index is 10.9. The van der Waals surface area contributed by atoms with E-state index in [9.17, 15) is 4.79 Å². The minimum atomic E-state index is -0.780. The topological polar surface area (TPSA) is 58.6 Å². The molecule has 1 saturated heterocycles. The molecule has 4 nitrogen and oxygen atoms in total. The quantitative estimate of drug-likeness (QED) is 0.840. The van der Waals surface area contributed by atoms with Gasteiger partial charge >= 0.3 is 5.97 Å². The predicted octanol–water partition coefficient (Wildman–Crippen LogP) is 3.55. The fraction of sp³-hybridized carbons (Fsp3) is 0.316. The average molecular weight is 343 g/mol. The first-order valence-electron chi connectivity index (χ1n) is 8.02. The first-order chi connectivity index (χ1) is 11.6. The molecule has 2 aromatic rings. The minimum absolute atomic E-state index is 0.151. The number of aliphatic carboxylic acids is 1. The third-order valence-electron chi connectivity index (χ3n) is 4.04. The monoisotopic (exact) mass is 343 g/mol. The maximum Gasteiger partial charge on any atom is 0.321 e. The lowest BCUT2D eigenvalue weighted by Gasteiger charge is -2.12. The second-order valence-corrected chi connectivity index (χ2v) is 7.14. The van der Waals surface area contributed by atoms with Crippen LogP contribution in [0, 0.1) is 6.92 Å². The molecule has 2 unspecified atom stereocenters. The van der Waals surface area contributed by atoms with Gasteiger partial charge in [0.15, 0.2) is 0 Å². The van der Waals surface area contributed by atoms with Gasteiger partial charge in [-0.15, -0.1) is 11.8 Å². The Hall–Kier alpha value is -1.98. The lowest BCUT2D eigenvalue weighted by Crippen LogP contribution is -2.36. The van der Waals surface area contributed by atoms with Gasteiger partial charge in [0.25, 0.3) is 0 Å². The number of nitrogens with one attached hydrogen (secondary N) is 1. The van der Waals surface area contributed by atoms with E-state index >= 15 is 0 Å². The van der Waals surface area contributed by atoms with Crippen molar-refractivity contribution in [3.05, 3.63) is 54.1 Å². The molecule has 3 rings (SSSR count). The Morgan fingerprint density at radius 1 is 1.17 bits per heavy atom. The van der Waals surface area contributed by atoms with Crippen molar-refractivity contribution in [2.24, 2.45) is 0 Å². The molecule has 24 heavy (non-hydrogen) atoms. The number of hydrogen-bond donors (Lipinski definition) is 2. The summed E-state index contributed by atoms with van der Waals surface area (Å²) in [5.74, 6) is 0.673. The molecule has 0 spiro atoms. The molecular weight excluding hydrogens is 322 g/mol. The van der Waals surface area contributed by atoms with Crippen molar-refractivity contribution >= 4 is 17.7 Å². The number of carbonyl (C=O) groups is 1. The molecule has 126 valence electrons. The van der Waals surface area contributed by atoms with Crippen molar-refractivity contribution in [3.8, 4) is 16.9 Å². The van der Waals surface area contributed by atoms with E-state index in [2.05, 4.69) is 48.6 Å². The molecule has 0 saturated carbocycles. The van der Waals surface area contributed by atoms with Crippen LogP contribution in [0.25, 0.3) is 11.1 Å². The Balaban J connectivity index is 1.48. The smallest absolute Gasteiger partial charge is 0.321 e. The van der Waals surface area contributed by atoms with Gasteiger partial charge in [0.05, 0.1) is 12.0 Å². The van der Waals surface area contributed by atoms with Crippen LogP contribution in [-0.2, 0) is 4.79 Å². The third-order valence-corrected chi connectivity index (χ3v) is 5.34. The van der Waals surface area contributed by atoms with Gasteiger partial charge in [-0.05, 0) is 30.2 Å². The molecule has 1 aliphatic heterocycles. The van der Waals surface area contributed by atoms with Crippen LogP contribution < -0.4 is 10.1 Å². The van der Waals surface area contributed by atoms with E-state index < -0.39 is 12.0 Å². The molecular formula is C19H21NO3S. The molecule has 1 fully saturated rings. The lowest BCUT2D eigenvalue weighted by molar-refractivity contribution is -0.138. The van der Waals surface area contributed by atoms with E-state index in [-0.39, 0.29) is 5.37 Å². The number of carboxylic acid groups (broad SMARTS) is 1. The van der Waals surface area contributed by atoms with Gasteiger partial charge in [-0.25, -0.2) is 0 Å². The zero-order valence-electron chi connectivity index (χ0n) is 13.6. The summed E-state index contributed by atoms with van der Waals surface area (Å²) in [6.45, 7) is 2.65. The summed E-state index contributed by atoms with van der Waals surface area (Å²) in [5.41, 5.74) is 3.61. The lowest BCUT2D eigenvalue weighted by atomic mass is 10.0. The van der Waals surface area contributed by atoms with Gasteiger partial charge in [0, 0.05) is 12.2 Å². The van der Waals surface area contributed by atoms with Crippen molar-refractivity contribution in [2.75, 3.05) is 12.4 Å². The van der Waals surface area contributed by atoms with Gasteiger partial charge in [-0.1, -0.05) is 42.0 Å². The Morgan fingerprint density at radius 3 is 2.38 bits per heavy atom. The van der Waals surface area contributed by atoms with Crippen LogP contribution in [-0.4, -0.2) is 34.9 Å². The number of aryl methyl sites for hydroxylation is 1. The molecule has 2 atom stereocenters. The summed E-state index contributed by atoms with van der Waals surface area (Å²) in [4.78, 5) is 10.9. The molecule has 0 aliphatic carbocycles. The second kappa shape index (κ2) is 7.73. The molecule has 0 bridgehead atoms. The number of carboxylic acids is 1. The van der Waals surface area contributed by atoms with Crippen LogP contribution in [0.2, 0.25) is 0 Å². The summed E-state index contributed by atoms with van der Waals surface area (Å²) in [5, 5.41) is 12.2. The van der Waals surface area contributed by atoms with E-state index in [1.807, 2.05) is 12.1 Å². The van der Waals surface area contributed by atoms with E-state index in [0.29, 0.717) is 12.4 Å². The average Bonchev–Trinajstić information content (AvgIpc) is 3.06.